The lowest BCUT2D eigenvalue weighted by Gasteiger charge is -2.30. The van der Waals surface area contributed by atoms with Gasteiger partial charge in [0.15, 0.2) is 0 Å². The van der Waals surface area contributed by atoms with Gasteiger partial charge in [0.2, 0.25) is 0 Å². The SMILES string of the molecule is CN1CCC(=C2c3ccccc3Sc3ccccc32)CC1.CN1CCC(=C2c3ccccc3Sc3ccccc32)CC1. The fourth-order valence-corrected chi connectivity index (χ4v) is 8.80. The topological polar surface area (TPSA) is 6.48 Å². The molecule has 0 bridgehead atoms. The van der Waals surface area contributed by atoms with Gasteiger partial charge in [-0.3, -0.25) is 0 Å². The Morgan fingerprint density at radius 2 is 0.667 bits per heavy atom. The summed E-state index contributed by atoms with van der Waals surface area (Å²) in [4.78, 5) is 10.5. The van der Waals surface area contributed by atoms with Gasteiger partial charge in [0.1, 0.15) is 0 Å². The van der Waals surface area contributed by atoms with Crippen LogP contribution in [0.5, 0.6) is 0 Å². The van der Waals surface area contributed by atoms with Crippen LogP contribution < -0.4 is 0 Å². The van der Waals surface area contributed by atoms with Crippen LogP contribution in [0, 0.1) is 0 Å². The molecule has 0 atom stereocenters. The largest absolute Gasteiger partial charge is 0.306 e. The smallest absolute Gasteiger partial charge is 0.0201 e. The lowest BCUT2D eigenvalue weighted by Crippen LogP contribution is -2.27. The van der Waals surface area contributed by atoms with E-state index in [0.717, 1.165) is 0 Å². The van der Waals surface area contributed by atoms with Crippen LogP contribution in [0.2, 0.25) is 0 Å². The first-order valence-electron chi connectivity index (χ1n) is 15.2. The Morgan fingerprint density at radius 1 is 0.405 bits per heavy atom. The number of fused-ring (bicyclic) bond motifs is 4. The Bertz CT molecular complexity index is 1440. The maximum absolute atomic E-state index is 2.43. The summed E-state index contributed by atoms with van der Waals surface area (Å²) in [5, 5.41) is 0. The second-order valence-electron chi connectivity index (χ2n) is 11.8. The van der Waals surface area contributed by atoms with Gasteiger partial charge in [-0.05, 0) is 97.4 Å². The first-order valence-corrected chi connectivity index (χ1v) is 16.8. The zero-order valence-corrected chi connectivity index (χ0v) is 26.2. The monoisotopic (exact) mass is 586 g/mol. The van der Waals surface area contributed by atoms with E-state index in [4.69, 9.17) is 0 Å². The third kappa shape index (κ3) is 5.54. The minimum absolute atomic E-state index is 1.18. The minimum atomic E-state index is 1.18. The predicted octanol–water partition coefficient (Wildman–Crippen LogP) is 9.36. The van der Waals surface area contributed by atoms with Crippen LogP contribution in [0.1, 0.15) is 47.9 Å². The van der Waals surface area contributed by atoms with Crippen LogP contribution in [0.25, 0.3) is 11.1 Å². The highest BCUT2D eigenvalue weighted by Crippen LogP contribution is 2.48. The highest BCUT2D eigenvalue weighted by molar-refractivity contribution is 7.99. The molecule has 4 aromatic rings. The number of hydrogen-bond acceptors (Lipinski definition) is 4. The Balaban J connectivity index is 0.000000137. The summed E-state index contributed by atoms with van der Waals surface area (Å²) in [5.74, 6) is 0. The summed E-state index contributed by atoms with van der Waals surface area (Å²) < 4.78 is 0. The zero-order valence-electron chi connectivity index (χ0n) is 24.6. The van der Waals surface area contributed by atoms with Crippen LogP contribution in [0.3, 0.4) is 0 Å². The molecule has 0 N–H and O–H groups in total. The average Bonchev–Trinajstić information content (AvgIpc) is 3.04. The van der Waals surface area contributed by atoms with Gasteiger partial charge in [0, 0.05) is 45.8 Å². The molecule has 0 amide bonds. The fraction of sp³-hybridized carbons (Fsp3) is 0.263. The molecule has 0 saturated carbocycles. The maximum Gasteiger partial charge on any atom is 0.0201 e. The third-order valence-corrected chi connectivity index (χ3v) is 11.3. The standard InChI is InChI=1S/2C19H19NS/c2*1-20-12-10-14(11-13-20)19-15-6-2-4-8-17(15)21-18-9-5-3-7-16(18)19/h2*2-9H,10-13H2,1H3. The molecule has 42 heavy (non-hydrogen) atoms. The molecule has 4 heterocycles. The number of rotatable bonds is 0. The lowest BCUT2D eigenvalue weighted by molar-refractivity contribution is 0.313. The first-order chi connectivity index (χ1) is 20.7. The summed E-state index contributed by atoms with van der Waals surface area (Å²) >= 11 is 3.81. The zero-order chi connectivity index (χ0) is 28.5. The molecule has 4 aliphatic rings. The number of benzene rings is 4. The van der Waals surface area contributed by atoms with Crippen LogP contribution in [-0.2, 0) is 0 Å². The van der Waals surface area contributed by atoms with Crippen molar-refractivity contribution < 1.29 is 0 Å². The van der Waals surface area contributed by atoms with E-state index in [9.17, 15) is 0 Å². The van der Waals surface area contributed by atoms with E-state index < -0.39 is 0 Å². The number of piperidine rings is 2. The molecule has 0 unspecified atom stereocenters. The molecular formula is C38H38N2S2. The Kier molecular flexibility index (Phi) is 8.14. The van der Waals surface area contributed by atoms with E-state index in [1.807, 2.05) is 23.5 Å². The lowest BCUT2D eigenvalue weighted by atomic mass is 9.88. The second-order valence-corrected chi connectivity index (χ2v) is 13.9. The number of likely N-dealkylation sites (tertiary alicyclic amines) is 2. The molecule has 0 aromatic heterocycles. The molecule has 0 spiro atoms. The number of nitrogens with zero attached hydrogens (tertiary/aromatic N) is 2. The highest BCUT2D eigenvalue weighted by atomic mass is 32.2. The van der Waals surface area contributed by atoms with E-state index in [2.05, 4.69) is 121 Å². The van der Waals surface area contributed by atoms with Gasteiger partial charge in [-0.25, -0.2) is 0 Å². The molecule has 4 aromatic carbocycles. The van der Waals surface area contributed by atoms with Gasteiger partial charge in [-0.15, -0.1) is 0 Å². The Hall–Kier alpha value is -3.02. The molecule has 0 radical (unpaired) electrons. The number of hydrogen-bond donors (Lipinski definition) is 0. The van der Waals surface area contributed by atoms with Crippen molar-refractivity contribution in [2.45, 2.75) is 45.3 Å². The Labute approximate surface area is 259 Å². The van der Waals surface area contributed by atoms with Gasteiger partial charge in [-0.1, -0.05) is 107 Å². The molecule has 8 rings (SSSR count). The maximum atomic E-state index is 2.43. The van der Waals surface area contributed by atoms with Gasteiger partial charge in [-0.2, -0.15) is 0 Å². The normalized spacial score (nSPS) is 18.3. The molecule has 4 aliphatic heterocycles. The van der Waals surface area contributed by atoms with Gasteiger partial charge >= 0.3 is 0 Å². The summed E-state index contributed by atoms with van der Waals surface area (Å²) in [6.45, 7) is 4.71. The Morgan fingerprint density at radius 3 is 0.952 bits per heavy atom. The second kappa shape index (κ2) is 12.3. The van der Waals surface area contributed by atoms with Crippen LogP contribution in [0.4, 0.5) is 0 Å². The molecule has 212 valence electrons. The molecule has 2 fully saturated rings. The molecule has 4 heteroatoms. The van der Waals surface area contributed by atoms with Crippen molar-refractivity contribution in [2.24, 2.45) is 0 Å². The van der Waals surface area contributed by atoms with Gasteiger partial charge in [0.05, 0.1) is 0 Å². The van der Waals surface area contributed by atoms with Crippen molar-refractivity contribution in [2.75, 3.05) is 40.3 Å². The minimum Gasteiger partial charge on any atom is -0.306 e. The molecule has 2 saturated heterocycles. The van der Waals surface area contributed by atoms with Crippen molar-refractivity contribution in [3.05, 3.63) is 130 Å². The van der Waals surface area contributed by atoms with E-state index in [0.29, 0.717) is 0 Å². The summed E-state index contributed by atoms with van der Waals surface area (Å²) in [5.41, 5.74) is 12.0. The van der Waals surface area contributed by atoms with E-state index >= 15 is 0 Å². The van der Waals surface area contributed by atoms with Crippen molar-refractivity contribution in [1.82, 2.24) is 9.80 Å². The predicted molar refractivity (Wildman–Crippen MR) is 180 cm³/mol. The quantitative estimate of drug-likeness (QED) is 0.175. The highest BCUT2D eigenvalue weighted by Gasteiger charge is 2.26. The summed E-state index contributed by atoms with van der Waals surface area (Å²) in [6, 6.07) is 35.5. The molecule has 0 aliphatic carbocycles. The van der Waals surface area contributed by atoms with Crippen LogP contribution in [0.15, 0.2) is 128 Å². The summed E-state index contributed by atoms with van der Waals surface area (Å²) in [6.07, 6.45) is 4.77. The van der Waals surface area contributed by atoms with E-state index in [1.54, 1.807) is 11.1 Å². The van der Waals surface area contributed by atoms with Crippen LogP contribution in [-0.4, -0.2) is 50.1 Å². The average molecular weight is 587 g/mol. The van der Waals surface area contributed by atoms with Crippen LogP contribution >= 0.6 is 23.5 Å². The van der Waals surface area contributed by atoms with Gasteiger partial charge in [0.25, 0.3) is 0 Å². The van der Waals surface area contributed by atoms with Crippen molar-refractivity contribution in [3.8, 4) is 0 Å². The molecule has 2 nitrogen and oxygen atoms in total. The first kappa shape index (κ1) is 27.8. The van der Waals surface area contributed by atoms with E-state index in [-0.39, 0.29) is 0 Å². The van der Waals surface area contributed by atoms with Crippen molar-refractivity contribution in [3.63, 3.8) is 0 Å². The summed E-state index contributed by atoms with van der Waals surface area (Å²) in [7, 11) is 4.44. The van der Waals surface area contributed by atoms with Crippen molar-refractivity contribution >= 4 is 34.7 Å². The van der Waals surface area contributed by atoms with Gasteiger partial charge < -0.3 is 9.80 Å². The third-order valence-electron chi connectivity index (χ3n) is 8.95. The fourth-order valence-electron chi connectivity index (χ4n) is 6.61. The van der Waals surface area contributed by atoms with Crippen molar-refractivity contribution in [1.29, 1.82) is 0 Å². The van der Waals surface area contributed by atoms with E-state index in [1.165, 1.54) is 105 Å². The molecular weight excluding hydrogens is 549 g/mol.